The lowest BCUT2D eigenvalue weighted by Gasteiger charge is -2.21. The molecule has 0 amide bonds. The lowest BCUT2D eigenvalue weighted by atomic mass is 10.0. The number of unbranched alkanes of at least 4 members (excludes halogenated alkanes) is 52. The molecule has 17 nitrogen and oxygen atoms in total. The number of phosphoric ester groups is 2. The van der Waals surface area contributed by atoms with Crippen LogP contribution in [-0.2, 0) is 65.4 Å². The fraction of sp³-hybridized carbons (Fsp3) is 0.948. The van der Waals surface area contributed by atoms with Crippen LogP contribution in [0, 0.1) is 0 Å². The molecule has 0 saturated carbocycles. The van der Waals surface area contributed by atoms with Gasteiger partial charge in [0.05, 0.1) is 26.4 Å². The zero-order valence-corrected chi connectivity index (χ0v) is 64.1. The van der Waals surface area contributed by atoms with Crippen LogP contribution < -0.4 is 0 Å². The second kappa shape index (κ2) is 71.5. The number of aliphatic hydroxyl groups is 1. The highest BCUT2D eigenvalue weighted by Crippen LogP contribution is 2.45. The molecular weight excluding hydrogens is 1260 g/mol. The topological polar surface area (TPSA) is 237 Å². The Hall–Kier alpha value is -1.94. The quantitative estimate of drug-likeness (QED) is 0.0222. The highest BCUT2D eigenvalue weighted by atomic mass is 31.2. The Balaban J connectivity index is 5.16. The van der Waals surface area contributed by atoms with E-state index in [1.165, 1.54) is 231 Å². The minimum absolute atomic E-state index is 0.107. The van der Waals surface area contributed by atoms with Crippen LogP contribution in [0.5, 0.6) is 0 Å². The standard InChI is InChI=1S/C77H150O17P2/c1-5-9-13-17-21-24-27-29-31-33-35-37-39-41-44-46-50-54-58-62-75(80)88-68-73(94-77(82)64-60-56-52-48-45-42-40-38-36-34-32-30-28-25-22-18-14-10-6-2)70-92-96(85,86)90-66-71(78)65-89-95(83,84)91-69-72(67-87-74(79)61-57-53-49-20-16-12-8-4)93-76(81)63-59-55-51-47-43-26-23-19-15-11-7-3/h71-73,78H,5-70H2,1-4H3,(H,83,84)(H,85,86)/t71-,72+,73+/m0/s1. The van der Waals surface area contributed by atoms with Crippen LogP contribution in [-0.4, -0.2) is 96.7 Å². The first-order valence-corrected chi connectivity index (χ1v) is 43.3. The molecule has 0 aliphatic carbocycles. The van der Waals surface area contributed by atoms with Gasteiger partial charge in [-0.25, -0.2) is 9.13 Å². The van der Waals surface area contributed by atoms with E-state index in [1.54, 1.807) is 0 Å². The molecule has 570 valence electrons. The minimum Gasteiger partial charge on any atom is -0.462 e. The molecule has 0 fully saturated rings. The largest absolute Gasteiger partial charge is 0.472 e. The monoisotopic (exact) mass is 1410 g/mol. The van der Waals surface area contributed by atoms with Gasteiger partial charge >= 0.3 is 39.5 Å². The molecule has 0 rings (SSSR count). The number of esters is 4. The van der Waals surface area contributed by atoms with E-state index in [0.717, 1.165) is 103 Å². The summed E-state index contributed by atoms with van der Waals surface area (Å²) in [5.41, 5.74) is 0. The molecule has 0 saturated heterocycles. The molecular formula is C77H150O17P2. The molecule has 0 heterocycles. The van der Waals surface area contributed by atoms with E-state index < -0.39 is 97.5 Å². The van der Waals surface area contributed by atoms with Gasteiger partial charge in [-0.3, -0.25) is 37.3 Å². The summed E-state index contributed by atoms with van der Waals surface area (Å²) in [5.74, 6) is -2.12. The molecule has 5 atom stereocenters. The maximum Gasteiger partial charge on any atom is 0.472 e. The maximum atomic E-state index is 13.1. The Labute approximate surface area is 588 Å². The first-order valence-electron chi connectivity index (χ1n) is 40.3. The molecule has 0 aliphatic heterocycles. The summed E-state index contributed by atoms with van der Waals surface area (Å²) in [6.07, 6.45) is 62.7. The van der Waals surface area contributed by atoms with Crippen molar-refractivity contribution in [1.29, 1.82) is 0 Å². The van der Waals surface area contributed by atoms with Crippen molar-refractivity contribution in [2.75, 3.05) is 39.6 Å². The summed E-state index contributed by atoms with van der Waals surface area (Å²) in [6.45, 7) is 4.95. The van der Waals surface area contributed by atoms with Crippen LogP contribution in [0.2, 0.25) is 0 Å². The van der Waals surface area contributed by atoms with Crippen molar-refractivity contribution in [3.8, 4) is 0 Å². The van der Waals surface area contributed by atoms with Crippen LogP contribution >= 0.6 is 15.6 Å². The van der Waals surface area contributed by atoms with Crippen molar-refractivity contribution < 1.29 is 80.2 Å². The summed E-state index contributed by atoms with van der Waals surface area (Å²) >= 11 is 0. The highest BCUT2D eigenvalue weighted by molar-refractivity contribution is 7.47. The van der Waals surface area contributed by atoms with Crippen molar-refractivity contribution >= 4 is 39.5 Å². The first kappa shape index (κ1) is 94.1. The number of phosphoric acid groups is 2. The van der Waals surface area contributed by atoms with Gasteiger partial charge in [-0.05, 0) is 25.7 Å². The number of aliphatic hydroxyl groups excluding tert-OH is 1. The van der Waals surface area contributed by atoms with Gasteiger partial charge in [-0.1, -0.05) is 362 Å². The molecule has 0 bridgehead atoms. The zero-order chi connectivity index (χ0) is 70.4. The Kier molecular flexibility index (Phi) is 70.0. The third-order valence-corrected chi connectivity index (χ3v) is 20.0. The van der Waals surface area contributed by atoms with Crippen molar-refractivity contribution in [3.63, 3.8) is 0 Å². The average molecular weight is 1410 g/mol. The van der Waals surface area contributed by atoms with Gasteiger partial charge in [0.25, 0.3) is 0 Å². The predicted molar refractivity (Wildman–Crippen MR) is 391 cm³/mol. The van der Waals surface area contributed by atoms with Crippen molar-refractivity contribution in [1.82, 2.24) is 0 Å². The predicted octanol–water partition coefficient (Wildman–Crippen LogP) is 23.0. The number of hydrogen-bond donors (Lipinski definition) is 3. The smallest absolute Gasteiger partial charge is 0.462 e. The van der Waals surface area contributed by atoms with Gasteiger partial charge in [-0.15, -0.1) is 0 Å². The summed E-state index contributed by atoms with van der Waals surface area (Å²) in [4.78, 5) is 72.7. The molecule has 0 aliphatic rings. The molecule has 0 spiro atoms. The third kappa shape index (κ3) is 70.5. The Morgan fingerprint density at radius 3 is 0.615 bits per heavy atom. The minimum atomic E-state index is -4.96. The van der Waals surface area contributed by atoms with Gasteiger partial charge in [0.1, 0.15) is 19.3 Å². The molecule has 3 N–H and O–H groups in total. The first-order chi connectivity index (χ1) is 46.7. The number of carbonyl (C=O) groups is 4. The van der Waals surface area contributed by atoms with E-state index >= 15 is 0 Å². The van der Waals surface area contributed by atoms with Crippen LogP contribution in [0.1, 0.15) is 413 Å². The number of rotatable bonds is 78. The van der Waals surface area contributed by atoms with E-state index in [0.29, 0.717) is 25.7 Å². The van der Waals surface area contributed by atoms with Crippen LogP contribution in [0.3, 0.4) is 0 Å². The second-order valence-corrected chi connectivity index (χ2v) is 30.7. The molecule has 2 unspecified atom stereocenters. The zero-order valence-electron chi connectivity index (χ0n) is 62.4. The van der Waals surface area contributed by atoms with Gasteiger partial charge in [0.15, 0.2) is 12.2 Å². The van der Waals surface area contributed by atoms with E-state index in [4.69, 9.17) is 37.0 Å². The van der Waals surface area contributed by atoms with Gasteiger partial charge < -0.3 is 33.8 Å². The number of ether oxygens (including phenoxy) is 4. The molecule has 0 aromatic heterocycles. The highest BCUT2D eigenvalue weighted by Gasteiger charge is 2.30. The molecule has 0 aromatic rings. The van der Waals surface area contributed by atoms with E-state index in [-0.39, 0.29) is 25.7 Å². The molecule has 19 heteroatoms. The van der Waals surface area contributed by atoms with E-state index in [1.807, 2.05) is 0 Å². The third-order valence-electron chi connectivity index (χ3n) is 18.1. The van der Waals surface area contributed by atoms with Crippen molar-refractivity contribution in [2.24, 2.45) is 0 Å². The summed E-state index contributed by atoms with van der Waals surface area (Å²) in [7, 11) is -9.90. The second-order valence-electron chi connectivity index (χ2n) is 27.7. The SMILES string of the molecule is CCCCCCCCCCCCCCCCCCCCCC(=O)OC[C@H](COP(=O)(O)OC[C@@H](O)COP(=O)(O)OC[C@@H](COC(=O)CCCCCCCCC)OC(=O)CCCCCCCCCCCCC)OC(=O)CCCCCCCCCCCCCCCCCCCCC. The lowest BCUT2D eigenvalue weighted by molar-refractivity contribution is -0.161. The van der Waals surface area contributed by atoms with Gasteiger partial charge in [-0.2, -0.15) is 0 Å². The van der Waals surface area contributed by atoms with Crippen molar-refractivity contribution in [2.45, 2.75) is 431 Å². The van der Waals surface area contributed by atoms with Crippen LogP contribution in [0.4, 0.5) is 0 Å². The van der Waals surface area contributed by atoms with Crippen LogP contribution in [0.15, 0.2) is 0 Å². The lowest BCUT2D eigenvalue weighted by Crippen LogP contribution is -2.30. The average Bonchev–Trinajstić information content (AvgIpc) is 1.40. The van der Waals surface area contributed by atoms with Gasteiger partial charge in [0, 0.05) is 25.7 Å². The number of carbonyl (C=O) groups excluding carboxylic acids is 4. The normalized spacial score (nSPS) is 13.9. The van der Waals surface area contributed by atoms with Crippen molar-refractivity contribution in [3.05, 3.63) is 0 Å². The Morgan fingerprint density at radius 1 is 0.250 bits per heavy atom. The molecule has 0 radical (unpaired) electrons. The fourth-order valence-electron chi connectivity index (χ4n) is 11.9. The fourth-order valence-corrected chi connectivity index (χ4v) is 13.5. The maximum absolute atomic E-state index is 13.1. The summed E-state index contributed by atoms with van der Waals surface area (Å²) in [6, 6.07) is 0. The van der Waals surface area contributed by atoms with E-state index in [2.05, 4.69) is 27.7 Å². The Bertz CT molecular complexity index is 1830. The molecule has 96 heavy (non-hydrogen) atoms. The molecule has 0 aromatic carbocycles. The van der Waals surface area contributed by atoms with E-state index in [9.17, 15) is 43.2 Å². The van der Waals surface area contributed by atoms with Gasteiger partial charge in [0.2, 0.25) is 0 Å². The number of hydrogen-bond acceptors (Lipinski definition) is 15. The summed E-state index contributed by atoms with van der Waals surface area (Å²) < 4.78 is 68.4. The van der Waals surface area contributed by atoms with Crippen LogP contribution in [0.25, 0.3) is 0 Å². The summed E-state index contributed by atoms with van der Waals surface area (Å²) in [5, 5.41) is 10.6. The Morgan fingerprint density at radius 2 is 0.417 bits per heavy atom.